The van der Waals surface area contributed by atoms with Gasteiger partial charge in [0, 0.05) is 6.04 Å². The third-order valence-electron chi connectivity index (χ3n) is 2.29. The summed E-state index contributed by atoms with van der Waals surface area (Å²) in [7, 11) is -3.73. The molecule has 1 aliphatic heterocycles. The van der Waals surface area contributed by atoms with Gasteiger partial charge >= 0.3 is 0 Å². The molecule has 0 saturated carbocycles. The first-order valence-electron chi connectivity index (χ1n) is 4.51. The fourth-order valence-electron chi connectivity index (χ4n) is 1.64. The lowest BCUT2D eigenvalue weighted by molar-refractivity contribution is 0.256. The minimum Gasteiger partial charge on any atom is -0.490 e. The van der Waals surface area contributed by atoms with Crippen molar-refractivity contribution < 1.29 is 13.2 Å². The zero-order chi connectivity index (χ0) is 11.1. The molecule has 6 heteroatoms. The van der Waals surface area contributed by atoms with E-state index < -0.39 is 10.0 Å². The minimum atomic E-state index is -3.73. The summed E-state index contributed by atoms with van der Waals surface area (Å²) in [4.78, 5) is 0.0342. The van der Waals surface area contributed by atoms with E-state index in [1.54, 1.807) is 12.1 Å². The molecule has 82 valence electrons. The third kappa shape index (κ3) is 1.97. The summed E-state index contributed by atoms with van der Waals surface area (Å²) in [5, 5.41) is 5.08. The molecule has 5 nitrogen and oxygen atoms in total. The maximum Gasteiger partial charge on any atom is 0.241 e. The van der Waals surface area contributed by atoms with Crippen molar-refractivity contribution in [3.63, 3.8) is 0 Å². The Bertz CT molecular complexity index is 484. The van der Waals surface area contributed by atoms with Crippen molar-refractivity contribution in [3.8, 4) is 5.75 Å². The van der Waals surface area contributed by atoms with E-state index in [-0.39, 0.29) is 10.9 Å². The molecule has 0 aliphatic carbocycles. The minimum absolute atomic E-state index is 0.0342. The van der Waals surface area contributed by atoms with Crippen molar-refractivity contribution in [2.45, 2.75) is 17.4 Å². The maximum absolute atomic E-state index is 11.3. The number of ether oxygens (including phenoxy) is 1. The highest BCUT2D eigenvalue weighted by Gasteiger charge is 2.23. The van der Waals surface area contributed by atoms with Crippen LogP contribution in [0.3, 0.4) is 0 Å². The van der Waals surface area contributed by atoms with Gasteiger partial charge in [0.1, 0.15) is 17.3 Å². The van der Waals surface area contributed by atoms with E-state index in [0.717, 1.165) is 5.56 Å². The number of benzene rings is 1. The summed E-state index contributed by atoms with van der Waals surface area (Å²) in [6, 6.07) is 4.78. The number of fused-ring (bicyclic) bond motifs is 1. The molecule has 1 aromatic carbocycles. The van der Waals surface area contributed by atoms with Crippen LogP contribution in [0.25, 0.3) is 0 Å². The summed E-state index contributed by atoms with van der Waals surface area (Å²) in [6.45, 7) is 0.319. The Morgan fingerprint density at radius 3 is 2.80 bits per heavy atom. The van der Waals surface area contributed by atoms with E-state index in [1.165, 1.54) is 6.07 Å². The van der Waals surface area contributed by atoms with Crippen LogP contribution in [-0.2, 0) is 16.4 Å². The molecule has 2 rings (SSSR count). The first-order chi connectivity index (χ1) is 6.98. The van der Waals surface area contributed by atoms with Gasteiger partial charge in [0.15, 0.2) is 0 Å². The highest BCUT2D eigenvalue weighted by molar-refractivity contribution is 7.89. The molecule has 15 heavy (non-hydrogen) atoms. The molecular weight excluding hydrogens is 216 g/mol. The van der Waals surface area contributed by atoms with Crippen LogP contribution in [0.1, 0.15) is 5.56 Å². The Hall–Kier alpha value is -1.11. The van der Waals surface area contributed by atoms with Crippen LogP contribution < -0.4 is 15.6 Å². The average molecular weight is 228 g/mol. The Kier molecular flexibility index (Phi) is 2.41. The molecular formula is C9H12N2O3S. The van der Waals surface area contributed by atoms with Gasteiger partial charge in [0.25, 0.3) is 0 Å². The number of rotatable bonds is 1. The van der Waals surface area contributed by atoms with Crippen LogP contribution in [0.2, 0.25) is 0 Å². The maximum atomic E-state index is 11.3. The van der Waals surface area contributed by atoms with Crippen LogP contribution in [0, 0.1) is 0 Å². The molecule has 0 spiro atoms. The summed E-state index contributed by atoms with van der Waals surface area (Å²) >= 11 is 0. The van der Waals surface area contributed by atoms with Gasteiger partial charge in [-0.05, 0) is 18.1 Å². The molecule has 4 N–H and O–H groups in total. The Labute approximate surface area is 88.1 Å². The van der Waals surface area contributed by atoms with Crippen molar-refractivity contribution in [1.82, 2.24) is 0 Å². The first-order valence-corrected chi connectivity index (χ1v) is 6.06. The second-order valence-electron chi connectivity index (χ2n) is 3.56. The molecule has 1 aliphatic rings. The smallest absolute Gasteiger partial charge is 0.241 e. The van der Waals surface area contributed by atoms with E-state index in [2.05, 4.69) is 0 Å². The largest absolute Gasteiger partial charge is 0.490 e. The summed E-state index contributed by atoms with van der Waals surface area (Å²) < 4.78 is 27.8. The topological polar surface area (TPSA) is 95.4 Å². The quantitative estimate of drug-likeness (QED) is 0.683. The molecule has 1 aromatic rings. The first kappa shape index (κ1) is 10.4. The van der Waals surface area contributed by atoms with Crippen LogP contribution in [0.15, 0.2) is 23.1 Å². The van der Waals surface area contributed by atoms with Gasteiger partial charge in [-0.25, -0.2) is 13.6 Å². The van der Waals surface area contributed by atoms with Gasteiger partial charge in [-0.3, -0.25) is 0 Å². The van der Waals surface area contributed by atoms with Gasteiger partial charge in [-0.15, -0.1) is 0 Å². The van der Waals surface area contributed by atoms with E-state index in [9.17, 15) is 8.42 Å². The van der Waals surface area contributed by atoms with E-state index in [0.29, 0.717) is 18.8 Å². The molecule has 0 radical (unpaired) electrons. The molecule has 0 amide bonds. The van der Waals surface area contributed by atoms with Crippen LogP contribution >= 0.6 is 0 Å². The van der Waals surface area contributed by atoms with Crippen LogP contribution in [0.4, 0.5) is 0 Å². The highest BCUT2D eigenvalue weighted by atomic mass is 32.2. The van der Waals surface area contributed by atoms with E-state index in [4.69, 9.17) is 15.6 Å². The van der Waals surface area contributed by atoms with Crippen LogP contribution in [-0.4, -0.2) is 21.1 Å². The molecule has 0 saturated heterocycles. The number of sulfonamides is 1. The van der Waals surface area contributed by atoms with Gasteiger partial charge in [-0.1, -0.05) is 12.1 Å². The van der Waals surface area contributed by atoms with E-state index >= 15 is 0 Å². The lowest BCUT2D eigenvalue weighted by atomic mass is 10.0. The number of hydrogen-bond acceptors (Lipinski definition) is 4. The molecule has 1 heterocycles. The number of para-hydroxylation sites is 1. The van der Waals surface area contributed by atoms with Gasteiger partial charge < -0.3 is 10.5 Å². The normalized spacial score (nSPS) is 20.5. The van der Waals surface area contributed by atoms with Crippen molar-refractivity contribution in [2.75, 3.05) is 6.61 Å². The van der Waals surface area contributed by atoms with Crippen molar-refractivity contribution in [2.24, 2.45) is 10.9 Å². The Morgan fingerprint density at radius 2 is 2.13 bits per heavy atom. The van der Waals surface area contributed by atoms with Gasteiger partial charge in [0.05, 0.1) is 0 Å². The molecule has 0 fully saturated rings. The lowest BCUT2D eigenvalue weighted by Gasteiger charge is -2.23. The standard InChI is InChI=1S/C9H12N2O3S/c10-7-4-6-2-1-3-8(15(11,12)13)9(6)14-5-7/h1-3,7H,4-5,10H2,(H2,11,12,13). The Morgan fingerprint density at radius 1 is 1.40 bits per heavy atom. The average Bonchev–Trinajstić information content (AvgIpc) is 2.15. The SMILES string of the molecule is NC1COc2c(cccc2S(N)(=O)=O)C1. The zero-order valence-electron chi connectivity index (χ0n) is 8.01. The summed E-state index contributed by atoms with van der Waals surface area (Å²) in [6.07, 6.45) is 0.610. The monoisotopic (exact) mass is 228 g/mol. The van der Waals surface area contributed by atoms with Crippen LogP contribution in [0.5, 0.6) is 5.75 Å². The molecule has 1 atom stereocenters. The van der Waals surface area contributed by atoms with Gasteiger partial charge in [0.2, 0.25) is 10.0 Å². The summed E-state index contributed by atoms with van der Waals surface area (Å²) in [5.74, 6) is 0.349. The molecule has 1 unspecified atom stereocenters. The van der Waals surface area contributed by atoms with Gasteiger partial charge in [-0.2, -0.15) is 0 Å². The second kappa shape index (κ2) is 3.48. The Balaban J connectivity index is 2.56. The number of nitrogens with two attached hydrogens (primary N) is 2. The second-order valence-corrected chi connectivity index (χ2v) is 5.09. The number of hydrogen-bond donors (Lipinski definition) is 2. The predicted molar refractivity (Wildman–Crippen MR) is 55.0 cm³/mol. The zero-order valence-corrected chi connectivity index (χ0v) is 8.83. The molecule has 0 aromatic heterocycles. The van der Waals surface area contributed by atoms with Crippen molar-refractivity contribution >= 4 is 10.0 Å². The van der Waals surface area contributed by atoms with Crippen molar-refractivity contribution in [3.05, 3.63) is 23.8 Å². The fraction of sp³-hybridized carbons (Fsp3) is 0.333. The number of primary sulfonamides is 1. The predicted octanol–water partition coefficient (Wildman–Crippen LogP) is -0.404. The summed E-state index contributed by atoms with van der Waals surface area (Å²) in [5.41, 5.74) is 6.49. The lowest BCUT2D eigenvalue weighted by Crippen LogP contribution is -2.34. The highest BCUT2D eigenvalue weighted by Crippen LogP contribution is 2.30. The van der Waals surface area contributed by atoms with E-state index in [1.807, 2.05) is 0 Å². The third-order valence-corrected chi connectivity index (χ3v) is 3.23. The van der Waals surface area contributed by atoms with Crippen molar-refractivity contribution in [1.29, 1.82) is 0 Å². The fourth-order valence-corrected chi connectivity index (χ4v) is 2.36. The molecule has 0 bridgehead atoms.